The summed E-state index contributed by atoms with van der Waals surface area (Å²) in [5, 5.41) is 18.1. The van der Waals surface area contributed by atoms with Gasteiger partial charge in [0.25, 0.3) is 0 Å². The molecule has 0 bridgehead atoms. The average molecular weight is 391 g/mol. The molecule has 3 rings (SSSR count). The maximum absolute atomic E-state index is 12.8. The van der Waals surface area contributed by atoms with Crippen molar-refractivity contribution in [3.63, 3.8) is 0 Å². The Hall–Kier alpha value is -1.41. The lowest BCUT2D eigenvalue weighted by molar-refractivity contribution is 0.101. The number of nitroso groups, excluding NO2 is 1. The molecule has 0 fully saturated rings. The normalized spacial score (nSPS) is 20.0. The highest BCUT2D eigenvalue weighted by Gasteiger charge is 2.44. The number of hydroxylamine groups is 2. The molecule has 1 N–H and O–H groups in total. The summed E-state index contributed by atoms with van der Waals surface area (Å²) in [5.74, 6) is 0.713. The second kappa shape index (κ2) is 6.58. The maximum Gasteiger partial charge on any atom is 0.134 e. The van der Waals surface area contributed by atoms with Crippen molar-refractivity contribution in [2.45, 2.75) is 70.3 Å². The first-order chi connectivity index (χ1) is 12.4. The molecular weight excluding hydrogens is 362 g/mol. The van der Waals surface area contributed by atoms with E-state index in [1.807, 2.05) is 45.9 Å². The third-order valence-electron chi connectivity index (χ3n) is 5.31. The van der Waals surface area contributed by atoms with Crippen LogP contribution in [0.5, 0.6) is 0 Å². The van der Waals surface area contributed by atoms with Gasteiger partial charge in [-0.05, 0) is 77.8 Å². The van der Waals surface area contributed by atoms with Gasteiger partial charge in [0.1, 0.15) is 16.6 Å². The van der Waals surface area contributed by atoms with Crippen LogP contribution in [0.4, 0.5) is 0 Å². The average Bonchev–Trinajstić information content (AvgIpc) is 3.02. The summed E-state index contributed by atoms with van der Waals surface area (Å²) in [6.07, 6.45) is 0. The van der Waals surface area contributed by atoms with E-state index in [1.54, 1.807) is 0 Å². The number of furan rings is 1. The van der Waals surface area contributed by atoms with E-state index >= 15 is 0 Å². The standard InChI is InChI=1S/C20H28N3O3S/c1-18(2,3)21-11-17(27-22-24)16-9-12-8-13-14(10-15(12)26-16)20(6,7)23(25)19(13,4)5/h8-10,17,21H,11H2,1-7H3/q-1. The number of fused-ring (bicyclic) bond motifs is 2. The summed E-state index contributed by atoms with van der Waals surface area (Å²) in [7, 11) is 0. The van der Waals surface area contributed by atoms with Crippen molar-refractivity contribution in [2.75, 3.05) is 6.54 Å². The van der Waals surface area contributed by atoms with Crippen molar-refractivity contribution in [2.24, 2.45) is 4.58 Å². The van der Waals surface area contributed by atoms with Crippen LogP contribution in [0, 0.1) is 10.1 Å². The van der Waals surface area contributed by atoms with Gasteiger partial charge in [-0.25, -0.2) is 0 Å². The van der Waals surface area contributed by atoms with E-state index < -0.39 is 11.1 Å². The highest BCUT2D eigenvalue weighted by atomic mass is 32.2. The van der Waals surface area contributed by atoms with E-state index in [1.165, 1.54) is 0 Å². The predicted octanol–water partition coefficient (Wildman–Crippen LogP) is 5.56. The van der Waals surface area contributed by atoms with Crippen LogP contribution in [-0.4, -0.2) is 17.1 Å². The van der Waals surface area contributed by atoms with Crippen LogP contribution in [0.25, 0.3) is 11.0 Å². The Balaban J connectivity index is 2.03. The highest BCUT2D eigenvalue weighted by molar-refractivity contribution is 7.98. The minimum Gasteiger partial charge on any atom is -0.784 e. The van der Waals surface area contributed by atoms with E-state index in [4.69, 9.17) is 4.42 Å². The van der Waals surface area contributed by atoms with Crippen LogP contribution in [0.15, 0.2) is 27.2 Å². The molecule has 0 radical (unpaired) electrons. The number of benzene rings is 1. The fraction of sp³-hybridized carbons (Fsp3) is 0.600. The van der Waals surface area contributed by atoms with E-state index in [-0.39, 0.29) is 10.8 Å². The van der Waals surface area contributed by atoms with Crippen LogP contribution in [0.2, 0.25) is 0 Å². The number of hydrogen-bond acceptors (Lipinski definition) is 7. The van der Waals surface area contributed by atoms with Gasteiger partial charge in [-0.15, -0.1) is 4.91 Å². The van der Waals surface area contributed by atoms with E-state index in [0.717, 1.165) is 39.1 Å². The summed E-state index contributed by atoms with van der Waals surface area (Å²) in [5.41, 5.74) is 1.45. The molecule has 0 spiro atoms. The molecule has 2 heterocycles. The second-order valence-electron chi connectivity index (χ2n) is 9.30. The molecule has 2 aromatic rings. The fourth-order valence-corrected chi connectivity index (χ4v) is 4.32. The molecule has 6 nitrogen and oxygen atoms in total. The lowest BCUT2D eigenvalue weighted by atomic mass is 9.89. The van der Waals surface area contributed by atoms with Gasteiger partial charge < -0.3 is 20.0 Å². The van der Waals surface area contributed by atoms with Crippen molar-refractivity contribution < 1.29 is 4.42 Å². The van der Waals surface area contributed by atoms with Crippen LogP contribution in [0.3, 0.4) is 0 Å². The molecule has 7 heteroatoms. The number of nitrogens with one attached hydrogen (secondary N) is 1. The molecule has 1 unspecified atom stereocenters. The summed E-state index contributed by atoms with van der Waals surface area (Å²) < 4.78 is 9.11. The molecule has 1 aromatic heterocycles. The van der Waals surface area contributed by atoms with Gasteiger partial charge in [-0.2, -0.15) is 0 Å². The van der Waals surface area contributed by atoms with Gasteiger partial charge in [0, 0.05) is 45.1 Å². The van der Waals surface area contributed by atoms with Crippen molar-refractivity contribution in [1.29, 1.82) is 0 Å². The topological polar surface area (TPSA) is 80.9 Å². The van der Waals surface area contributed by atoms with Crippen molar-refractivity contribution >= 4 is 22.9 Å². The minimum atomic E-state index is -0.619. The molecule has 0 saturated carbocycles. The molecule has 1 aliphatic heterocycles. The van der Waals surface area contributed by atoms with E-state index in [0.29, 0.717) is 12.3 Å². The Morgan fingerprint density at radius 3 is 2.33 bits per heavy atom. The predicted molar refractivity (Wildman–Crippen MR) is 111 cm³/mol. The van der Waals surface area contributed by atoms with Gasteiger partial charge in [-0.3, -0.25) is 0 Å². The zero-order valence-corrected chi connectivity index (χ0v) is 17.9. The van der Waals surface area contributed by atoms with Gasteiger partial charge in [0.05, 0.1) is 0 Å². The Kier molecular flexibility index (Phi) is 4.96. The van der Waals surface area contributed by atoms with Crippen LogP contribution in [0.1, 0.15) is 70.6 Å². The van der Waals surface area contributed by atoms with Gasteiger partial charge in [-0.1, -0.05) is 0 Å². The third kappa shape index (κ3) is 3.53. The minimum absolute atomic E-state index is 0.0689. The first-order valence-electron chi connectivity index (χ1n) is 9.17. The third-order valence-corrected chi connectivity index (χ3v) is 6.05. The Labute approximate surface area is 164 Å². The number of hydrogen-bond donors (Lipinski definition) is 1. The molecule has 1 aliphatic rings. The summed E-state index contributed by atoms with van der Waals surface area (Å²) >= 11 is 0.968. The summed E-state index contributed by atoms with van der Waals surface area (Å²) in [4.78, 5) is 10.9. The molecule has 1 aromatic carbocycles. The van der Waals surface area contributed by atoms with E-state index in [2.05, 4.69) is 30.7 Å². The van der Waals surface area contributed by atoms with Crippen molar-refractivity contribution in [3.8, 4) is 0 Å². The lowest BCUT2D eigenvalue weighted by Gasteiger charge is -2.46. The Morgan fingerprint density at radius 1 is 1.19 bits per heavy atom. The Morgan fingerprint density at radius 2 is 1.78 bits per heavy atom. The monoisotopic (exact) mass is 390 g/mol. The molecule has 27 heavy (non-hydrogen) atoms. The van der Waals surface area contributed by atoms with Gasteiger partial charge in [0.2, 0.25) is 0 Å². The first-order valence-corrected chi connectivity index (χ1v) is 10.0. The zero-order valence-electron chi connectivity index (χ0n) is 17.0. The smallest absolute Gasteiger partial charge is 0.134 e. The fourth-order valence-electron chi connectivity index (χ4n) is 3.84. The van der Waals surface area contributed by atoms with Crippen LogP contribution < -0.4 is 5.32 Å². The summed E-state index contributed by atoms with van der Waals surface area (Å²) in [6, 6.07) is 5.98. The Bertz CT molecular complexity index is 814. The number of rotatable bonds is 5. The summed E-state index contributed by atoms with van der Waals surface area (Å²) in [6.45, 7) is 14.6. The van der Waals surface area contributed by atoms with Crippen LogP contribution >= 0.6 is 11.9 Å². The van der Waals surface area contributed by atoms with Crippen LogP contribution in [-0.2, 0) is 11.1 Å². The molecule has 0 aliphatic carbocycles. The quantitative estimate of drug-likeness (QED) is 0.532. The van der Waals surface area contributed by atoms with Crippen molar-refractivity contribution in [3.05, 3.63) is 45.2 Å². The molecule has 1 atom stereocenters. The van der Waals surface area contributed by atoms with E-state index in [9.17, 15) is 10.1 Å². The highest BCUT2D eigenvalue weighted by Crippen LogP contribution is 2.50. The number of nitrogens with zero attached hydrogens (tertiary/aromatic N) is 2. The molecule has 148 valence electrons. The molecular formula is C20H28N3O3S-. The van der Waals surface area contributed by atoms with Gasteiger partial charge in [0.15, 0.2) is 0 Å². The zero-order chi connectivity index (χ0) is 20.2. The molecule has 0 saturated heterocycles. The largest absolute Gasteiger partial charge is 0.784 e. The maximum atomic E-state index is 12.8. The SMILES string of the molecule is CC(C)(C)NCC(SN=O)c1cc2cc3c(cc2o1)C(C)(C)N([O-])C3(C)C. The van der Waals surface area contributed by atoms with Crippen molar-refractivity contribution in [1.82, 2.24) is 10.4 Å². The second-order valence-corrected chi connectivity index (χ2v) is 10.2. The molecule has 0 amide bonds. The lowest BCUT2D eigenvalue weighted by Crippen LogP contribution is -2.40. The van der Waals surface area contributed by atoms with Gasteiger partial charge >= 0.3 is 0 Å². The first kappa shape index (κ1) is 20.3.